The van der Waals surface area contributed by atoms with Crippen LogP contribution in [0.2, 0.25) is 0 Å². The SMILES string of the molecule is CNC(=O)c1cnc(NC2CCCC2)cc1Nc1ccccc1C(N)=O. The van der Waals surface area contributed by atoms with E-state index in [9.17, 15) is 9.59 Å². The standard InChI is InChI=1S/C19H23N5O2/c1-21-19(26)14-11-22-17(23-12-6-2-3-7-12)10-16(14)24-15-9-5-4-8-13(15)18(20)25/h4-5,8-12H,2-3,6-7H2,1H3,(H2,20,25)(H,21,26)(H2,22,23,24). The van der Waals surface area contributed by atoms with Crippen LogP contribution in [0.15, 0.2) is 36.5 Å². The molecule has 7 nitrogen and oxygen atoms in total. The highest BCUT2D eigenvalue weighted by molar-refractivity contribution is 6.03. The van der Waals surface area contributed by atoms with Crippen LogP contribution in [0.5, 0.6) is 0 Å². The van der Waals surface area contributed by atoms with Gasteiger partial charge in [0.1, 0.15) is 5.82 Å². The average Bonchev–Trinajstić information content (AvgIpc) is 3.14. The first-order chi connectivity index (χ1) is 12.6. The lowest BCUT2D eigenvalue weighted by molar-refractivity contribution is 0.0962. The summed E-state index contributed by atoms with van der Waals surface area (Å²) in [6.07, 6.45) is 6.19. The Bertz CT molecular complexity index is 815. The molecule has 0 radical (unpaired) electrons. The predicted octanol–water partition coefficient (Wildman–Crippen LogP) is 2.64. The van der Waals surface area contributed by atoms with Gasteiger partial charge in [-0.1, -0.05) is 25.0 Å². The van der Waals surface area contributed by atoms with E-state index in [0.29, 0.717) is 34.4 Å². The Labute approximate surface area is 152 Å². The van der Waals surface area contributed by atoms with Crippen LogP contribution in [-0.2, 0) is 0 Å². The summed E-state index contributed by atoms with van der Waals surface area (Å²) in [5, 5.41) is 9.18. The van der Waals surface area contributed by atoms with E-state index in [1.54, 1.807) is 37.4 Å². The van der Waals surface area contributed by atoms with Crippen molar-refractivity contribution in [1.82, 2.24) is 10.3 Å². The van der Waals surface area contributed by atoms with Gasteiger partial charge in [0.15, 0.2) is 0 Å². The number of pyridine rings is 1. The molecule has 2 amide bonds. The Kier molecular flexibility index (Phi) is 5.36. The molecular weight excluding hydrogens is 330 g/mol. The summed E-state index contributed by atoms with van der Waals surface area (Å²) in [5.41, 5.74) is 7.31. The predicted molar refractivity (Wildman–Crippen MR) is 102 cm³/mol. The van der Waals surface area contributed by atoms with Crippen molar-refractivity contribution in [2.45, 2.75) is 31.7 Å². The van der Waals surface area contributed by atoms with E-state index >= 15 is 0 Å². The van der Waals surface area contributed by atoms with E-state index in [-0.39, 0.29) is 5.91 Å². The highest BCUT2D eigenvalue weighted by Crippen LogP contribution is 2.27. The first-order valence-corrected chi connectivity index (χ1v) is 8.73. The summed E-state index contributed by atoms with van der Waals surface area (Å²) in [6.45, 7) is 0. The molecule has 1 heterocycles. The van der Waals surface area contributed by atoms with Crippen molar-refractivity contribution in [3.05, 3.63) is 47.7 Å². The van der Waals surface area contributed by atoms with E-state index < -0.39 is 5.91 Å². The first-order valence-electron chi connectivity index (χ1n) is 8.73. The molecule has 1 aromatic carbocycles. The lowest BCUT2D eigenvalue weighted by atomic mass is 10.1. The fraction of sp³-hybridized carbons (Fsp3) is 0.316. The molecule has 1 aliphatic rings. The van der Waals surface area contributed by atoms with Crippen LogP contribution < -0.4 is 21.7 Å². The first kappa shape index (κ1) is 17.7. The van der Waals surface area contributed by atoms with Gasteiger partial charge < -0.3 is 21.7 Å². The summed E-state index contributed by atoms with van der Waals surface area (Å²) >= 11 is 0. The van der Waals surface area contributed by atoms with Crippen LogP contribution in [0.3, 0.4) is 0 Å². The maximum absolute atomic E-state index is 12.2. The number of rotatable bonds is 6. The molecular formula is C19H23N5O2. The van der Waals surface area contributed by atoms with Gasteiger partial charge >= 0.3 is 0 Å². The summed E-state index contributed by atoms with van der Waals surface area (Å²) < 4.78 is 0. The largest absolute Gasteiger partial charge is 0.367 e. The molecule has 0 saturated heterocycles. The van der Waals surface area contributed by atoms with Crippen molar-refractivity contribution in [1.29, 1.82) is 0 Å². The van der Waals surface area contributed by atoms with E-state index in [1.807, 2.05) is 0 Å². The van der Waals surface area contributed by atoms with Gasteiger partial charge in [-0.15, -0.1) is 0 Å². The number of hydrogen-bond donors (Lipinski definition) is 4. The minimum Gasteiger partial charge on any atom is -0.367 e. The van der Waals surface area contributed by atoms with Crippen LogP contribution in [-0.4, -0.2) is 29.9 Å². The number of amides is 2. The third-order valence-corrected chi connectivity index (χ3v) is 4.54. The molecule has 0 spiro atoms. The van der Waals surface area contributed by atoms with Crippen molar-refractivity contribution in [3.8, 4) is 0 Å². The number of nitrogens with two attached hydrogens (primary N) is 1. The minimum atomic E-state index is -0.534. The molecule has 136 valence electrons. The van der Waals surface area contributed by atoms with Gasteiger partial charge in [-0.05, 0) is 25.0 Å². The van der Waals surface area contributed by atoms with Crippen molar-refractivity contribution in [3.63, 3.8) is 0 Å². The van der Waals surface area contributed by atoms with E-state index in [1.165, 1.54) is 19.0 Å². The number of aromatic nitrogens is 1. The second kappa shape index (κ2) is 7.86. The topological polar surface area (TPSA) is 109 Å². The number of anilines is 3. The molecule has 7 heteroatoms. The van der Waals surface area contributed by atoms with Crippen LogP contribution in [0.25, 0.3) is 0 Å². The number of carbonyl (C=O) groups is 2. The van der Waals surface area contributed by atoms with Crippen LogP contribution >= 0.6 is 0 Å². The number of benzene rings is 1. The number of nitrogens with one attached hydrogen (secondary N) is 3. The van der Waals surface area contributed by atoms with Crippen molar-refractivity contribution < 1.29 is 9.59 Å². The second-order valence-corrected chi connectivity index (χ2v) is 6.35. The quantitative estimate of drug-likeness (QED) is 0.638. The second-order valence-electron chi connectivity index (χ2n) is 6.35. The number of nitrogens with zero attached hydrogens (tertiary/aromatic N) is 1. The molecule has 0 atom stereocenters. The lowest BCUT2D eigenvalue weighted by Crippen LogP contribution is -2.21. The Morgan fingerprint density at radius 3 is 2.54 bits per heavy atom. The maximum atomic E-state index is 12.2. The number of primary amides is 1. The van der Waals surface area contributed by atoms with Gasteiger partial charge in [-0.2, -0.15) is 0 Å². The lowest BCUT2D eigenvalue weighted by Gasteiger charge is -2.17. The van der Waals surface area contributed by atoms with Gasteiger partial charge in [-0.25, -0.2) is 4.98 Å². The average molecular weight is 353 g/mol. The Morgan fingerprint density at radius 1 is 1.12 bits per heavy atom. The van der Waals surface area contributed by atoms with Crippen molar-refractivity contribution in [2.24, 2.45) is 5.73 Å². The minimum absolute atomic E-state index is 0.260. The molecule has 1 aliphatic carbocycles. The molecule has 5 N–H and O–H groups in total. The van der Waals surface area contributed by atoms with Gasteiger partial charge in [0.05, 0.1) is 22.5 Å². The third-order valence-electron chi connectivity index (χ3n) is 4.54. The van der Waals surface area contributed by atoms with Crippen LogP contribution in [0.1, 0.15) is 46.4 Å². The third kappa shape index (κ3) is 3.93. The van der Waals surface area contributed by atoms with E-state index in [2.05, 4.69) is 20.9 Å². The normalized spacial score (nSPS) is 14.0. The van der Waals surface area contributed by atoms with Crippen molar-refractivity contribution in [2.75, 3.05) is 17.7 Å². The van der Waals surface area contributed by atoms with Crippen molar-refractivity contribution >= 4 is 29.0 Å². The smallest absolute Gasteiger partial charge is 0.254 e. The molecule has 26 heavy (non-hydrogen) atoms. The summed E-state index contributed by atoms with van der Waals surface area (Å²) in [7, 11) is 1.56. The number of para-hydroxylation sites is 1. The molecule has 0 bridgehead atoms. The van der Waals surface area contributed by atoms with Gasteiger partial charge in [0.25, 0.3) is 11.8 Å². The Balaban J connectivity index is 1.94. The zero-order valence-corrected chi connectivity index (χ0v) is 14.7. The monoisotopic (exact) mass is 353 g/mol. The highest BCUT2D eigenvalue weighted by Gasteiger charge is 2.18. The molecule has 3 rings (SSSR count). The van der Waals surface area contributed by atoms with E-state index in [4.69, 9.17) is 5.73 Å². The number of carbonyl (C=O) groups excluding carboxylic acids is 2. The van der Waals surface area contributed by atoms with Gasteiger partial charge in [0.2, 0.25) is 0 Å². The Hall–Kier alpha value is -3.09. The van der Waals surface area contributed by atoms with Crippen LogP contribution in [0, 0.1) is 0 Å². The van der Waals surface area contributed by atoms with Crippen LogP contribution in [0.4, 0.5) is 17.2 Å². The fourth-order valence-corrected chi connectivity index (χ4v) is 3.18. The van der Waals surface area contributed by atoms with Gasteiger partial charge in [-0.3, -0.25) is 9.59 Å². The molecule has 0 unspecified atom stereocenters. The van der Waals surface area contributed by atoms with Gasteiger partial charge in [0, 0.05) is 25.4 Å². The molecule has 1 saturated carbocycles. The number of hydrogen-bond acceptors (Lipinski definition) is 5. The molecule has 1 aromatic heterocycles. The molecule has 0 aliphatic heterocycles. The molecule has 2 aromatic rings. The Morgan fingerprint density at radius 2 is 1.85 bits per heavy atom. The zero-order chi connectivity index (χ0) is 18.5. The highest BCUT2D eigenvalue weighted by atomic mass is 16.2. The summed E-state index contributed by atoms with van der Waals surface area (Å²) in [4.78, 5) is 28.2. The fourth-order valence-electron chi connectivity index (χ4n) is 3.18. The summed E-state index contributed by atoms with van der Waals surface area (Å²) in [6, 6.07) is 9.12. The summed E-state index contributed by atoms with van der Waals surface area (Å²) in [5.74, 6) is -0.0967. The maximum Gasteiger partial charge on any atom is 0.254 e. The van der Waals surface area contributed by atoms with E-state index in [0.717, 1.165) is 12.8 Å². The molecule has 1 fully saturated rings. The zero-order valence-electron chi connectivity index (χ0n) is 14.7.